The number of carbonyl (C=O) groups excluding carboxylic acids is 1. The lowest BCUT2D eigenvalue weighted by Crippen LogP contribution is -2.45. The lowest BCUT2D eigenvalue weighted by Gasteiger charge is -2.25. The summed E-state index contributed by atoms with van der Waals surface area (Å²) in [6, 6.07) is 5.33. The van der Waals surface area contributed by atoms with Crippen molar-refractivity contribution in [2.45, 2.75) is 25.0 Å². The number of morpholine rings is 1. The van der Waals surface area contributed by atoms with Gasteiger partial charge in [-0.25, -0.2) is 0 Å². The van der Waals surface area contributed by atoms with Crippen LogP contribution in [-0.2, 0) is 9.53 Å². The third kappa shape index (κ3) is 5.14. The molecule has 2 unspecified atom stereocenters. The quantitative estimate of drug-likeness (QED) is 0.852. The summed E-state index contributed by atoms with van der Waals surface area (Å²) in [6.07, 6.45) is 1.28. The number of hydrogen-bond acceptors (Lipinski definition) is 4. The van der Waals surface area contributed by atoms with Crippen LogP contribution in [0.1, 0.15) is 12.8 Å². The van der Waals surface area contributed by atoms with Crippen molar-refractivity contribution >= 4 is 41.5 Å². The number of rotatable bonds is 4. The van der Waals surface area contributed by atoms with Crippen molar-refractivity contribution in [1.29, 1.82) is 0 Å². The van der Waals surface area contributed by atoms with E-state index in [1.54, 1.807) is 18.2 Å². The highest BCUT2D eigenvalue weighted by atomic mass is 35.5. The summed E-state index contributed by atoms with van der Waals surface area (Å²) in [5.41, 5.74) is 0. The number of nitrogens with one attached hydrogen (secondary N) is 1. The molecule has 0 saturated carbocycles. The molecular weight excluding hydrogens is 375 g/mol. The fourth-order valence-electron chi connectivity index (χ4n) is 2.88. The highest BCUT2D eigenvalue weighted by molar-refractivity contribution is 6.42. The molecule has 24 heavy (non-hydrogen) atoms. The molecule has 2 saturated heterocycles. The zero-order valence-electron chi connectivity index (χ0n) is 13.2. The predicted octanol–water partition coefficient (Wildman–Crippen LogP) is 2.77. The van der Waals surface area contributed by atoms with Gasteiger partial charge in [0.05, 0.1) is 29.8 Å². The van der Waals surface area contributed by atoms with Gasteiger partial charge in [0.2, 0.25) is 5.91 Å². The molecule has 1 aromatic rings. The first-order valence-electron chi connectivity index (χ1n) is 7.82. The van der Waals surface area contributed by atoms with E-state index in [-0.39, 0.29) is 30.5 Å². The summed E-state index contributed by atoms with van der Waals surface area (Å²) in [5.74, 6) is 0.828. The van der Waals surface area contributed by atoms with E-state index in [0.29, 0.717) is 42.0 Å². The largest absolute Gasteiger partial charge is 0.488 e. The summed E-state index contributed by atoms with van der Waals surface area (Å²) >= 11 is 11.9. The average Bonchev–Trinajstić information content (AvgIpc) is 3.01. The Kier molecular flexibility index (Phi) is 7.44. The van der Waals surface area contributed by atoms with Gasteiger partial charge in [-0.15, -0.1) is 12.4 Å². The van der Waals surface area contributed by atoms with Gasteiger partial charge in [-0.2, -0.15) is 0 Å². The minimum Gasteiger partial charge on any atom is -0.488 e. The second-order valence-corrected chi connectivity index (χ2v) is 6.69. The molecule has 5 nitrogen and oxygen atoms in total. The van der Waals surface area contributed by atoms with Crippen LogP contribution in [-0.4, -0.2) is 55.8 Å². The van der Waals surface area contributed by atoms with Crippen molar-refractivity contribution in [3.63, 3.8) is 0 Å². The van der Waals surface area contributed by atoms with E-state index < -0.39 is 0 Å². The molecular formula is C16H21Cl3N2O3. The van der Waals surface area contributed by atoms with Crippen LogP contribution in [0.4, 0.5) is 0 Å². The van der Waals surface area contributed by atoms with Gasteiger partial charge in [-0.3, -0.25) is 4.79 Å². The fraction of sp³-hybridized carbons (Fsp3) is 0.562. The van der Waals surface area contributed by atoms with Gasteiger partial charge in [-0.05, 0) is 12.1 Å². The molecule has 0 bridgehead atoms. The molecule has 2 atom stereocenters. The molecule has 0 radical (unpaired) electrons. The third-order valence-electron chi connectivity index (χ3n) is 4.11. The van der Waals surface area contributed by atoms with Gasteiger partial charge in [-0.1, -0.05) is 23.2 Å². The normalized spacial score (nSPS) is 23.7. The van der Waals surface area contributed by atoms with Crippen molar-refractivity contribution in [1.82, 2.24) is 10.2 Å². The first-order valence-corrected chi connectivity index (χ1v) is 8.58. The van der Waals surface area contributed by atoms with E-state index in [0.717, 1.165) is 19.5 Å². The van der Waals surface area contributed by atoms with Crippen LogP contribution in [0.3, 0.4) is 0 Å². The molecule has 3 rings (SSSR count). The van der Waals surface area contributed by atoms with Crippen LogP contribution in [0, 0.1) is 0 Å². The fourth-order valence-corrected chi connectivity index (χ4v) is 3.17. The maximum atomic E-state index is 12.3. The number of hydrogen-bond donors (Lipinski definition) is 1. The summed E-state index contributed by atoms with van der Waals surface area (Å²) in [7, 11) is 0. The maximum absolute atomic E-state index is 12.3. The van der Waals surface area contributed by atoms with Crippen LogP contribution in [0.25, 0.3) is 0 Å². The molecule has 134 valence electrons. The van der Waals surface area contributed by atoms with Gasteiger partial charge in [0.15, 0.2) is 0 Å². The molecule has 2 aliphatic heterocycles. The van der Waals surface area contributed by atoms with Crippen LogP contribution in [0.2, 0.25) is 10.0 Å². The zero-order chi connectivity index (χ0) is 16.2. The Morgan fingerprint density at radius 3 is 2.92 bits per heavy atom. The first kappa shape index (κ1) is 19.6. The molecule has 0 aliphatic carbocycles. The van der Waals surface area contributed by atoms with E-state index in [9.17, 15) is 4.79 Å². The van der Waals surface area contributed by atoms with Gasteiger partial charge < -0.3 is 19.7 Å². The van der Waals surface area contributed by atoms with Crippen molar-refractivity contribution in [3.05, 3.63) is 28.2 Å². The average molecular weight is 396 g/mol. The molecule has 0 spiro atoms. The Labute approximate surface area is 158 Å². The summed E-state index contributed by atoms with van der Waals surface area (Å²) in [4.78, 5) is 14.2. The number of nitrogens with zero attached hydrogens (tertiary/aromatic N) is 1. The predicted molar refractivity (Wildman–Crippen MR) is 96.5 cm³/mol. The highest BCUT2D eigenvalue weighted by Gasteiger charge is 2.29. The van der Waals surface area contributed by atoms with E-state index in [1.165, 1.54) is 0 Å². The number of ether oxygens (including phenoxy) is 2. The Hall–Kier alpha value is -0.720. The van der Waals surface area contributed by atoms with Crippen LogP contribution >= 0.6 is 35.6 Å². The number of amides is 1. The number of benzene rings is 1. The topological polar surface area (TPSA) is 50.8 Å². The van der Waals surface area contributed by atoms with Crippen molar-refractivity contribution in [2.75, 3.05) is 32.8 Å². The molecule has 2 heterocycles. The minimum atomic E-state index is -0.00763. The van der Waals surface area contributed by atoms with Crippen LogP contribution in [0.5, 0.6) is 5.75 Å². The maximum Gasteiger partial charge on any atom is 0.224 e. The van der Waals surface area contributed by atoms with Gasteiger partial charge >= 0.3 is 0 Å². The Morgan fingerprint density at radius 1 is 1.38 bits per heavy atom. The van der Waals surface area contributed by atoms with Crippen molar-refractivity contribution in [3.8, 4) is 5.75 Å². The standard InChI is InChI=1S/C16H20Cl2N2O3.ClH/c17-14-2-1-12(8-15(14)18)23-13-3-5-20(9-13)16(21)7-11-10-22-6-4-19-11;/h1-2,8,11,13,19H,3-7,9-10H2;1H. The summed E-state index contributed by atoms with van der Waals surface area (Å²) in [5, 5.41) is 4.28. The first-order chi connectivity index (χ1) is 11.1. The SMILES string of the molecule is Cl.O=C(CC1COCCN1)N1CCC(Oc2ccc(Cl)c(Cl)c2)C1. The molecule has 1 amide bonds. The molecule has 1 aromatic carbocycles. The third-order valence-corrected chi connectivity index (χ3v) is 4.85. The summed E-state index contributed by atoms with van der Waals surface area (Å²) in [6.45, 7) is 3.45. The van der Waals surface area contributed by atoms with E-state index in [4.69, 9.17) is 32.7 Å². The molecule has 8 heteroatoms. The number of halogens is 3. The molecule has 2 fully saturated rings. The van der Waals surface area contributed by atoms with Gasteiger partial charge in [0.25, 0.3) is 0 Å². The molecule has 0 aromatic heterocycles. The summed E-state index contributed by atoms with van der Waals surface area (Å²) < 4.78 is 11.3. The molecule has 1 N–H and O–H groups in total. The second-order valence-electron chi connectivity index (χ2n) is 5.87. The zero-order valence-corrected chi connectivity index (χ0v) is 15.5. The monoisotopic (exact) mass is 394 g/mol. The van der Waals surface area contributed by atoms with Crippen LogP contribution in [0.15, 0.2) is 18.2 Å². The van der Waals surface area contributed by atoms with Crippen LogP contribution < -0.4 is 10.1 Å². The van der Waals surface area contributed by atoms with E-state index >= 15 is 0 Å². The Bertz CT molecular complexity index is 567. The van der Waals surface area contributed by atoms with E-state index in [2.05, 4.69) is 5.32 Å². The highest BCUT2D eigenvalue weighted by Crippen LogP contribution is 2.28. The minimum absolute atomic E-state index is 0. The lowest BCUT2D eigenvalue weighted by molar-refractivity contribution is -0.131. The number of carbonyl (C=O) groups is 1. The lowest BCUT2D eigenvalue weighted by atomic mass is 10.2. The second kappa shape index (κ2) is 9.11. The van der Waals surface area contributed by atoms with E-state index in [1.807, 2.05) is 4.90 Å². The smallest absolute Gasteiger partial charge is 0.224 e. The van der Waals surface area contributed by atoms with Crippen molar-refractivity contribution in [2.24, 2.45) is 0 Å². The van der Waals surface area contributed by atoms with Crippen molar-refractivity contribution < 1.29 is 14.3 Å². The van der Waals surface area contributed by atoms with Gasteiger partial charge in [0.1, 0.15) is 11.9 Å². The molecule has 2 aliphatic rings. The number of likely N-dealkylation sites (tertiary alicyclic amines) is 1. The van der Waals surface area contributed by atoms with Gasteiger partial charge in [0, 0.05) is 38.0 Å². The Morgan fingerprint density at radius 2 is 2.21 bits per heavy atom. The Balaban J connectivity index is 0.00000208.